The molecule has 0 aromatic carbocycles. The Morgan fingerprint density at radius 2 is 2.20 bits per heavy atom. The van der Waals surface area contributed by atoms with Gasteiger partial charge in [0.05, 0.1) is 15.7 Å². The molecule has 15 heavy (non-hydrogen) atoms. The molecule has 0 amide bonds. The fourth-order valence-corrected chi connectivity index (χ4v) is 2.87. The van der Waals surface area contributed by atoms with Gasteiger partial charge in [-0.15, -0.1) is 22.7 Å². The minimum Gasteiger partial charge on any atom is -0.249 e. The molecule has 0 radical (unpaired) electrons. The number of rotatable bonds is 3. The molecular weight excluding hydrogens is 224 g/mol. The molecule has 2 aromatic heterocycles. The summed E-state index contributed by atoms with van der Waals surface area (Å²) in [6.07, 6.45) is 2.87. The lowest BCUT2D eigenvalue weighted by Gasteiger charge is -1.96. The topological polar surface area (TPSA) is 25.8 Å². The maximum atomic E-state index is 4.45. The molecule has 2 rings (SSSR count). The average Bonchev–Trinajstić information content (AvgIpc) is 2.76. The minimum absolute atomic E-state index is 0.577. The Morgan fingerprint density at radius 1 is 1.40 bits per heavy atom. The van der Waals surface area contributed by atoms with Gasteiger partial charge in [-0.3, -0.25) is 0 Å². The average molecular weight is 238 g/mol. The van der Waals surface area contributed by atoms with E-state index in [9.17, 15) is 0 Å². The Morgan fingerprint density at radius 3 is 2.73 bits per heavy atom. The van der Waals surface area contributed by atoms with E-state index in [0.29, 0.717) is 5.92 Å². The molecule has 0 unspecified atom stereocenters. The van der Waals surface area contributed by atoms with Gasteiger partial charge in [0.2, 0.25) is 0 Å². The number of aromatic nitrogens is 2. The van der Waals surface area contributed by atoms with Crippen LogP contribution in [0.25, 0.3) is 0 Å². The molecule has 0 aliphatic rings. The molecule has 0 bridgehead atoms. The summed E-state index contributed by atoms with van der Waals surface area (Å²) in [5, 5.41) is 4.42. The van der Waals surface area contributed by atoms with Crippen molar-refractivity contribution in [2.24, 2.45) is 0 Å². The number of hydrogen-bond acceptors (Lipinski definition) is 4. The first kappa shape index (κ1) is 10.8. The fourth-order valence-electron chi connectivity index (χ4n) is 1.32. The standard InChI is InChI=1S/C11H14N2S2/c1-7(2)10-5-12-11(15-10)4-9-6-14-8(3)13-9/h5-7H,4H2,1-3H3. The van der Waals surface area contributed by atoms with E-state index >= 15 is 0 Å². The van der Waals surface area contributed by atoms with Crippen molar-refractivity contribution in [1.82, 2.24) is 9.97 Å². The van der Waals surface area contributed by atoms with Gasteiger partial charge in [0.15, 0.2) is 0 Å². The van der Waals surface area contributed by atoms with Crippen molar-refractivity contribution in [1.29, 1.82) is 0 Å². The lowest BCUT2D eigenvalue weighted by Crippen LogP contribution is -1.86. The highest BCUT2D eigenvalue weighted by Crippen LogP contribution is 2.23. The Bertz CT molecular complexity index is 443. The molecule has 0 saturated heterocycles. The second kappa shape index (κ2) is 4.41. The first-order valence-electron chi connectivity index (χ1n) is 5.00. The number of hydrogen-bond donors (Lipinski definition) is 0. The zero-order valence-electron chi connectivity index (χ0n) is 9.15. The summed E-state index contributed by atoms with van der Waals surface area (Å²) < 4.78 is 0. The summed E-state index contributed by atoms with van der Waals surface area (Å²) in [7, 11) is 0. The van der Waals surface area contributed by atoms with Crippen LogP contribution in [0, 0.1) is 6.92 Å². The highest BCUT2D eigenvalue weighted by atomic mass is 32.1. The molecule has 0 N–H and O–H groups in total. The van der Waals surface area contributed by atoms with E-state index in [1.165, 1.54) is 9.88 Å². The Kier molecular flexibility index (Phi) is 3.17. The Hall–Kier alpha value is -0.740. The molecule has 0 aliphatic heterocycles. The summed E-state index contributed by atoms with van der Waals surface area (Å²) in [5.41, 5.74) is 1.14. The smallest absolute Gasteiger partial charge is 0.0987 e. The lowest BCUT2D eigenvalue weighted by atomic mass is 10.2. The molecule has 2 aromatic rings. The number of thiazole rings is 2. The largest absolute Gasteiger partial charge is 0.249 e. The Labute approximate surface area is 98.0 Å². The first-order chi connectivity index (χ1) is 7.15. The third-order valence-electron chi connectivity index (χ3n) is 2.14. The minimum atomic E-state index is 0.577. The van der Waals surface area contributed by atoms with E-state index in [2.05, 4.69) is 29.2 Å². The zero-order chi connectivity index (χ0) is 10.8. The van der Waals surface area contributed by atoms with Gasteiger partial charge in [-0.1, -0.05) is 13.8 Å². The van der Waals surface area contributed by atoms with E-state index in [1.807, 2.05) is 13.1 Å². The van der Waals surface area contributed by atoms with Gasteiger partial charge in [0, 0.05) is 22.9 Å². The highest BCUT2D eigenvalue weighted by molar-refractivity contribution is 7.11. The highest BCUT2D eigenvalue weighted by Gasteiger charge is 2.07. The number of nitrogens with zero attached hydrogens (tertiary/aromatic N) is 2. The van der Waals surface area contributed by atoms with Crippen LogP contribution in [-0.2, 0) is 6.42 Å². The van der Waals surface area contributed by atoms with Crippen molar-refractivity contribution in [3.63, 3.8) is 0 Å². The molecule has 0 atom stereocenters. The predicted molar refractivity (Wildman–Crippen MR) is 65.9 cm³/mol. The van der Waals surface area contributed by atoms with Gasteiger partial charge < -0.3 is 0 Å². The van der Waals surface area contributed by atoms with Gasteiger partial charge in [-0.25, -0.2) is 9.97 Å². The Balaban J connectivity index is 2.11. The number of aryl methyl sites for hydroxylation is 1. The van der Waals surface area contributed by atoms with Crippen LogP contribution in [0.4, 0.5) is 0 Å². The lowest BCUT2D eigenvalue weighted by molar-refractivity contribution is 0.885. The quantitative estimate of drug-likeness (QED) is 0.816. The van der Waals surface area contributed by atoms with Crippen molar-refractivity contribution in [2.45, 2.75) is 33.1 Å². The molecule has 4 heteroatoms. The maximum Gasteiger partial charge on any atom is 0.0987 e. The van der Waals surface area contributed by atoms with Crippen LogP contribution in [0.2, 0.25) is 0 Å². The van der Waals surface area contributed by atoms with Crippen LogP contribution in [0.5, 0.6) is 0 Å². The zero-order valence-corrected chi connectivity index (χ0v) is 10.8. The summed E-state index contributed by atoms with van der Waals surface area (Å²) >= 11 is 3.50. The second-order valence-corrected chi connectivity index (χ2v) is 6.05. The maximum absolute atomic E-state index is 4.45. The van der Waals surface area contributed by atoms with E-state index in [4.69, 9.17) is 0 Å². The van der Waals surface area contributed by atoms with Crippen LogP contribution < -0.4 is 0 Å². The summed E-state index contributed by atoms with van der Waals surface area (Å²) in [6.45, 7) is 6.43. The fraction of sp³-hybridized carbons (Fsp3) is 0.455. The van der Waals surface area contributed by atoms with Crippen molar-refractivity contribution < 1.29 is 0 Å². The summed E-state index contributed by atoms with van der Waals surface area (Å²) in [4.78, 5) is 10.2. The third kappa shape index (κ3) is 2.63. The van der Waals surface area contributed by atoms with Crippen molar-refractivity contribution >= 4 is 22.7 Å². The van der Waals surface area contributed by atoms with E-state index in [1.54, 1.807) is 22.7 Å². The second-order valence-electron chi connectivity index (χ2n) is 3.85. The molecule has 0 saturated carbocycles. The van der Waals surface area contributed by atoms with Crippen molar-refractivity contribution in [3.8, 4) is 0 Å². The van der Waals surface area contributed by atoms with Gasteiger partial charge >= 0.3 is 0 Å². The normalized spacial score (nSPS) is 11.2. The van der Waals surface area contributed by atoms with Gasteiger partial charge in [-0.2, -0.15) is 0 Å². The SMILES string of the molecule is Cc1nc(Cc2ncc(C(C)C)s2)cs1. The molecule has 0 spiro atoms. The van der Waals surface area contributed by atoms with E-state index in [0.717, 1.165) is 17.1 Å². The van der Waals surface area contributed by atoms with Crippen LogP contribution in [0.3, 0.4) is 0 Å². The molecule has 2 nitrogen and oxygen atoms in total. The molecular formula is C11H14N2S2. The van der Waals surface area contributed by atoms with Gasteiger partial charge in [-0.05, 0) is 12.8 Å². The van der Waals surface area contributed by atoms with Crippen LogP contribution in [0.15, 0.2) is 11.6 Å². The molecule has 80 valence electrons. The van der Waals surface area contributed by atoms with E-state index < -0.39 is 0 Å². The van der Waals surface area contributed by atoms with Crippen LogP contribution in [-0.4, -0.2) is 9.97 Å². The van der Waals surface area contributed by atoms with Crippen LogP contribution >= 0.6 is 22.7 Å². The predicted octanol–water partition coefficient (Wildman–Crippen LogP) is 3.62. The third-order valence-corrected chi connectivity index (χ3v) is 4.26. The summed E-state index contributed by atoms with van der Waals surface area (Å²) in [5.74, 6) is 0.577. The van der Waals surface area contributed by atoms with Crippen molar-refractivity contribution in [2.75, 3.05) is 0 Å². The monoisotopic (exact) mass is 238 g/mol. The molecule has 0 fully saturated rings. The van der Waals surface area contributed by atoms with Crippen molar-refractivity contribution in [3.05, 3.63) is 32.2 Å². The van der Waals surface area contributed by atoms with Gasteiger partial charge in [0.1, 0.15) is 0 Å². The van der Waals surface area contributed by atoms with E-state index in [-0.39, 0.29) is 0 Å². The van der Waals surface area contributed by atoms with Crippen LogP contribution in [0.1, 0.15) is 40.4 Å². The molecule has 0 aliphatic carbocycles. The summed E-state index contributed by atoms with van der Waals surface area (Å²) in [6, 6.07) is 0. The first-order valence-corrected chi connectivity index (χ1v) is 6.70. The molecule has 2 heterocycles. The van der Waals surface area contributed by atoms with Gasteiger partial charge in [0.25, 0.3) is 0 Å².